The Balaban J connectivity index is 1.99. The van der Waals surface area contributed by atoms with Gasteiger partial charge in [0.2, 0.25) is 11.8 Å². The fourth-order valence-corrected chi connectivity index (χ4v) is 2.77. The molecule has 24 heavy (non-hydrogen) atoms. The minimum absolute atomic E-state index is 0.0693. The number of hydrogen-bond donors (Lipinski definition) is 2. The maximum atomic E-state index is 12.5. The number of rotatable bonds is 3. The molecule has 2 N–H and O–H groups in total. The van der Waals surface area contributed by atoms with Crippen molar-refractivity contribution >= 4 is 29.2 Å². The predicted octanol–water partition coefficient (Wildman–Crippen LogP) is 1.98. The maximum absolute atomic E-state index is 12.5. The molecule has 0 spiro atoms. The van der Waals surface area contributed by atoms with E-state index in [4.69, 9.17) is 0 Å². The Bertz CT molecular complexity index is 630. The minimum Gasteiger partial charge on any atom is -0.331 e. The van der Waals surface area contributed by atoms with Crippen LogP contribution in [-0.2, 0) is 9.59 Å². The monoisotopic (exact) mass is 332 g/mol. The van der Waals surface area contributed by atoms with Crippen LogP contribution in [0.2, 0.25) is 0 Å². The van der Waals surface area contributed by atoms with Crippen LogP contribution < -0.4 is 10.6 Å². The third-order valence-electron chi connectivity index (χ3n) is 3.90. The summed E-state index contributed by atoms with van der Waals surface area (Å²) in [5.74, 6) is -0.498. The van der Waals surface area contributed by atoms with Gasteiger partial charge in [0.05, 0.1) is 5.92 Å². The lowest BCUT2D eigenvalue weighted by Gasteiger charge is -2.33. The Morgan fingerprint density at radius 1 is 1.17 bits per heavy atom. The Labute approximate surface area is 142 Å². The van der Waals surface area contributed by atoms with Gasteiger partial charge in [0, 0.05) is 45.5 Å². The summed E-state index contributed by atoms with van der Waals surface area (Å²) in [6, 6.07) is 6.94. The van der Waals surface area contributed by atoms with Crippen molar-refractivity contribution in [2.24, 2.45) is 5.92 Å². The van der Waals surface area contributed by atoms with Gasteiger partial charge in [-0.3, -0.25) is 9.59 Å². The Hall–Kier alpha value is -2.57. The van der Waals surface area contributed by atoms with Crippen LogP contribution in [0.3, 0.4) is 0 Å². The molecule has 7 heteroatoms. The highest BCUT2D eigenvalue weighted by molar-refractivity contribution is 5.95. The lowest BCUT2D eigenvalue weighted by atomic mass is 9.97. The zero-order valence-electron chi connectivity index (χ0n) is 14.3. The molecule has 1 aromatic carbocycles. The summed E-state index contributed by atoms with van der Waals surface area (Å²) >= 11 is 0. The van der Waals surface area contributed by atoms with E-state index in [0.717, 1.165) is 12.8 Å². The van der Waals surface area contributed by atoms with Gasteiger partial charge in [0.15, 0.2) is 0 Å². The maximum Gasteiger partial charge on any atom is 0.319 e. The van der Waals surface area contributed by atoms with E-state index in [2.05, 4.69) is 10.6 Å². The number of amides is 4. The largest absolute Gasteiger partial charge is 0.331 e. The topological polar surface area (TPSA) is 81.8 Å². The molecular weight excluding hydrogens is 308 g/mol. The number of anilines is 2. The highest BCUT2D eigenvalue weighted by Crippen LogP contribution is 2.21. The molecule has 1 aliphatic rings. The zero-order valence-corrected chi connectivity index (χ0v) is 14.3. The molecule has 1 aromatic rings. The minimum atomic E-state index is -0.230. The van der Waals surface area contributed by atoms with E-state index >= 15 is 0 Å². The fourth-order valence-electron chi connectivity index (χ4n) is 2.77. The van der Waals surface area contributed by atoms with Gasteiger partial charge in [-0.05, 0) is 31.0 Å². The molecule has 7 nitrogen and oxygen atoms in total. The molecule has 0 saturated carbocycles. The summed E-state index contributed by atoms with van der Waals surface area (Å²) < 4.78 is 0. The highest BCUT2D eigenvalue weighted by atomic mass is 16.2. The average molecular weight is 332 g/mol. The molecule has 0 aromatic heterocycles. The second kappa shape index (κ2) is 7.81. The highest BCUT2D eigenvalue weighted by Gasteiger charge is 2.29. The van der Waals surface area contributed by atoms with E-state index in [-0.39, 0.29) is 23.8 Å². The second-order valence-corrected chi connectivity index (χ2v) is 6.21. The summed E-state index contributed by atoms with van der Waals surface area (Å²) in [4.78, 5) is 38.9. The second-order valence-electron chi connectivity index (χ2n) is 6.21. The first-order chi connectivity index (χ1) is 11.4. The van der Waals surface area contributed by atoms with Gasteiger partial charge in [-0.2, -0.15) is 0 Å². The van der Waals surface area contributed by atoms with E-state index < -0.39 is 0 Å². The smallest absolute Gasteiger partial charge is 0.319 e. The zero-order chi connectivity index (χ0) is 17.7. The van der Waals surface area contributed by atoms with Crippen LogP contribution in [0.15, 0.2) is 24.3 Å². The van der Waals surface area contributed by atoms with E-state index in [1.807, 2.05) is 0 Å². The van der Waals surface area contributed by atoms with Crippen LogP contribution in [0, 0.1) is 5.92 Å². The van der Waals surface area contributed by atoms with Crippen molar-refractivity contribution < 1.29 is 14.4 Å². The number of hydrogen-bond acceptors (Lipinski definition) is 3. The Morgan fingerprint density at radius 3 is 2.46 bits per heavy atom. The summed E-state index contributed by atoms with van der Waals surface area (Å²) in [5, 5.41) is 5.56. The standard InChI is InChI=1S/C17H24N4O3/c1-12(22)18-14-7-4-8-15(10-14)19-16(23)13-6-5-9-21(11-13)17(24)20(2)3/h4,7-8,10,13H,5-6,9,11H2,1-3H3,(H,18,22)(H,19,23)/t13-/m0/s1. The fraction of sp³-hybridized carbons (Fsp3) is 0.471. The Morgan fingerprint density at radius 2 is 1.83 bits per heavy atom. The summed E-state index contributed by atoms with van der Waals surface area (Å²) in [6.45, 7) is 2.54. The van der Waals surface area contributed by atoms with Crippen molar-refractivity contribution in [2.45, 2.75) is 19.8 Å². The molecule has 1 fully saturated rings. The Kier molecular flexibility index (Phi) is 5.78. The molecule has 130 valence electrons. The molecule has 1 heterocycles. The van der Waals surface area contributed by atoms with Crippen molar-refractivity contribution in [3.63, 3.8) is 0 Å². The molecule has 0 bridgehead atoms. The van der Waals surface area contributed by atoms with Gasteiger partial charge < -0.3 is 20.4 Å². The molecule has 0 aliphatic carbocycles. The van der Waals surface area contributed by atoms with Crippen LogP contribution in [-0.4, -0.2) is 54.8 Å². The quantitative estimate of drug-likeness (QED) is 0.888. The van der Waals surface area contributed by atoms with E-state index in [1.165, 1.54) is 11.8 Å². The molecule has 0 radical (unpaired) electrons. The van der Waals surface area contributed by atoms with Gasteiger partial charge in [-0.15, -0.1) is 0 Å². The molecule has 1 aliphatic heterocycles. The third kappa shape index (κ3) is 4.71. The number of urea groups is 1. The lowest BCUT2D eigenvalue weighted by Crippen LogP contribution is -2.47. The number of carbonyl (C=O) groups excluding carboxylic acids is 3. The summed E-state index contributed by atoms with van der Waals surface area (Å²) in [7, 11) is 3.42. The van der Waals surface area contributed by atoms with Crippen LogP contribution in [0.25, 0.3) is 0 Å². The summed E-state index contributed by atoms with van der Waals surface area (Å²) in [5.41, 5.74) is 1.26. The normalized spacial score (nSPS) is 17.1. The van der Waals surface area contributed by atoms with Gasteiger partial charge in [0.1, 0.15) is 0 Å². The van der Waals surface area contributed by atoms with Crippen LogP contribution in [0.5, 0.6) is 0 Å². The lowest BCUT2D eigenvalue weighted by molar-refractivity contribution is -0.121. The number of nitrogens with zero attached hydrogens (tertiary/aromatic N) is 2. The number of likely N-dealkylation sites (tertiary alicyclic amines) is 1. The number of piperidine rings is 1. The molecule has 4 amide bonds. The first-order valence-electron chi connectivity index (χ1n) is 8.01. The van der Waals surface area contributed by atoms with Crippen molar-refractivity contribution in [2.75, 3.05) is 37.8 Å². The third-order valence-corrected chi connectivity index (χ3v) is 3.90. The number of nitrogens with one attached hydrogen (secondary N) is 2. The van der Waals surface area contributed by atoms with Gasteiger partial charge in [-0.1, -0.05) is 6.07 Å². The first kappa shape index (κ1) is 17.8. The SMILES string of the molecule is CC(=O)Nc1cccc(NC(=O)[C@H]2CCCN(C(=O)N(C)C)C2)c1. The average Bonchev–Trinajstić information content (AvgIpc) is 2.53. The predicted molar refractivity (Wildman–Crippen MR) is 92.8 cm³/mol. The van der Waals surface area contributed by atoms with Crippen molar-refractivity contribution in [1.82, 2.24) is 9.80 Å². The molecule has 2 rings (SSSR count). The number of benzene rings is 1. The van der Waals surface area contributed by atoms with Crippen LogP contribution >= 0.6 is 0 Å². The molecule has 0 unspecified atom stereocenters. The van der Waals surface area contributed by atoms with Crippen molar-refractivity contribution in [3.8, 4) is 0 Å². The first-order valence-corrected chi connectivity index (χ1v) is 8.01. The molecule has 1 saturated heterocycles. The van der Waals surface area contributed by atoms with Gasteiger partial charge in [0.25, 0.3) is 0 Å². The van der Waals surface area contributed by atoms with Crippen molar-refractivity contribution in [3.05, 3.63) is 24.3 Å². The number of carbonyl (C=O) groups is 3. The van der Waals surface area contributed by atoms with Gasteiger partial charge in [-0.25, -0.2) is 4.79 Å². The van der Waals surface area contributed by atoms with Gasteiger partial charge >= 0.3 is 6.03 Å². The van der Waals surface area contributed by atoms with E-state index in [0.29, 0.717) is 24.5 Å². The van der Waals surface area contributed by atoms with Crippen molar-refractivity contribution in [1.29, 1.82) is 0 Å². The van der Waals surface area contributed by atoms with Crippen LogP contribution in [0.1, 0.15) is 19.8 Å². The molecule has 1 atom stereocenters. The van der Waals surface area contributed by atoms with Crippen LogP contribution in [0.4, 0.5) is 16.2 Å². The van der Waals surface area contributed by atoms with E-state index in [9.17, 15) is 14.4 Å². The summed E-state index contributed by atoms with van der Waals surface area (Å²) in [6.07, 6.45) is 1.57. The van der Waals surface area contributed by atoms with E-state index in [1.54, 1.807) is 43.3 Å². The molecular formula is C17H24N4O3.